The van der Waals surface area contributed by atoms with Crippen molar-refractivity contribution in [2.75, 3.05) is 13.7 Å². The molecule has 0 spiro atoms. The molecule has 5 heteroatoms. The zero-order chi connectivity index (χ0) is 9.56. The molecule has 0 aromatic heterocycles. The van der Waals surface area contributed by atoms with Gasteiger partial charge >= 0.3 is 12.0 Å². The summed E-state index contributed by atoms with van der Waals surface area (Å²) in [4.78, 5) is 24.9. The van der Waals surface area contributed by atoms with E-state index in [2.05, 4.69) is 15.0 Å². The molecule has 0 aromatic rings. The number of hydrogen-bond donors (Lipinski definition) is 1. The lowest BCUT2D eigenvalue weighted by Crippen LogP contribution is -2.20. The lowest BCUT2D eigenvalue weighted by atomic mass is 10.4. The van der Waals surface area contributed by atoms with E-state index < -0.39 is 12.0 Å². The van der Waals surface area contributed by atoms with Crippen molar-refractivity contribution in [1.82, 2.24) is 5.32 Å². The van der Waals surface area contributed by atoms with Crippen LogP contribution in [0.1, 0.15) is 13.8 Å². The van der Waals surface area contributed by atoms with Gasteiger partial charge in [0.05, 0.1) is 6.61 Å². The van der Waals surface area contributed by atoms with Crippen LogP contribution in [-0.2, 0) is 9.53 Å². The molecule has 0 fully saturated rings. The number of nitrogens with one attached hydrogen (secondary N) is 1. The van der Waals surface area contributed by atoms with Gasteiger partial charge in [0.15, 0.2) is 0 Å². The summed E-state index contributed by atoms with van der Waals surface area (Å²) in [5.74, 6) is -0.568. The van der Waals surface area contributed by atoms with Crippen molar-refractivity contribution in [3.05, 3.63) is 0 Å². The minimum atomic E-state index is -0.568. The summed E-state index contributed by atoms with van der Waals surface area (Å²) in [5.41, 5.74) is 0.0520. The topological polar surface area (TPSA) is 67.8 Å². The van der Waals surface area contributed by atoms with E-state index in [1.54, 1.807) is 6.92 Å². The van der Waals surface area contributed by atoms with Crippen LogP contribution in [0.3, 0.4) is 0 Å². The summed E-state index contributed by atoms with van der Waals surface area (Å²) in [6, 6.07) is -0.555. The highest BCUT2D eigenvalue weighted by Gasteiger charge is 2.07. The first kappa shape index (κ1) is 10.6. The van der Waals surface area contributed by atoms with Crippen molar-refractivity contribution >= 4 is 17.7 Å². The third kappa shape index (κ3) is 3.70. The van der Waals surface area contributed by atoms with Gasteiger partial charge in [0.1, 0.15) is 5.71 Å². The van der Waals surface area contributed by atoms with Crippen LogP contribution in [0.15, 0.2) is 4.99 Å². The first-order valence-corrected chi connectivity index (χ1v) is 3.56. The van der Waals surface area contributed by atoms with Gasteiger partial charge < -0.3 is 10.1 Å². The van der Waals surface area contributed by atoms with E-state index in [1.807, 2.05) is 0 Å². The number of esters is 1. The van der Waals surface area contributed by atoms with E-state index in [-0.39, 0.29) is 12.3 Å². The molecule has 0 aromatic carbocycles. The first-order chi connectivity index (χ1) is 5.61. The number of carbonyl (C=O) groups excluding carboxylic acids is 2. The van der Waals surface area contributed by atoms with E-state index >= 15 is 0 Å². The molecule has 68 valence electrons. The van der Waals surface area contributed by atoms with Crippen molar-refractivity contribution < 1.29 is 14.3 Å². The van der Waals surface area contributed by atoms with Crippen LogP contribution in [0.5, 0.6) is 0 Å². The summed E-state index contributed by atoms with van der Waals surface area (Å²) in [6.45, 7) is 3.39. The minimum absolute atomic E-state index is 0.0520. The molecular weight excluding hydrogens is 160 g/mol. The Morgan fingerprint density at radius 2 is 2.08 bits per heavy atom. The van der Waals surface area contributed by atoms with Gasteiger partial charge in [-0.25, -0.2) is 9.59 Å². The van der Waals surface area contributed by atoms with Crippen LogP contribution in [0.4, 0.5) is 4.79 Å². The predicted molar refractivity (Wildman–Crippen MR) is 44.2 cm³/mol. The Bertz CT molecular complexity index is 211. The van der Waals surface area contributed by atoms with E-state index in [0.29, 0.717) is 0 Å². The molecule has 0 aliphatic rings. The summed E-state index contributed by atoms with van der Waals surface area (Å²) >= 11 is 0. The van der Waals surface area contributed by atoms with Crippen molar-refractivity contribution in [3.8, 4) is 0 Å². The molecule has 0 radical (unpaired) electrons. The molecule has 12 heavy (non-hydrogen) atoms. The third-order valence-electron chi connectivity index (χ3n) is 1.05. The van der Waals surface area contributed by atoms with Gasteiger partial charge in [-0.1, -0.05) is 0 Å². The largest absolute Gasteiger partial charge is 0.462 e. The smallest absolute Gasteiger partial charge is 0.352 e. The molecule has 0 bridgehead atoms. The van der Waals surface area contributed by atoms with E-state index in [4.69, 9.17) is 0 Å². The number of hydrogen-bond acceptors (Lipinski definition) is 3. The fourth-order valence-electron chi connectivity index (χ4n) is 0.489. The zero-order valence-electron chi connectivity index (χ0n) is 7.38. The maximum absolute atomic E-state index is 10.9. The normalized spacial score (nSPS) is 10.8. The monoisotopic (exact) mass is 172 g/mol. The van der Waals surface area contributed by atoms with Gasteiger partial charge in [-0.15, -0.1) is 0 Å². The van der Waals surface area contributed by atoms with Crippen LogP contribution in [0.25, 0.3) is 0 Å². The van der Waals surface area contributed by atoms with Gasteiger partial charge in [0.2, 0.25) is 0 Å². The second kappa shape index (κ2) is 5.29. The molecule has 2 amide bonds. The number of nitrogens with zero attached hydrogens (tertiary/aromatic N) is 1. The van der Waals surface area contributed by atoms with Crippen molar-refractivity contribution in [1.29, 1.82) is 0 Å². The third-order valence-corrected chi connectivity index (χ3v) is 1.05. The maximum atomic E-state index is 10.9. The fourth-order valence-corrected chi connectivity index (χ4v) is 0.489. The molecule has 1 N–H and O–H groups in total. The summed E-state index contributed by atoms with van der Waals surface area (Å²) in [5, 5.41) is 2.26. The van der Waals surface area contributed by atoms with Gasteiger partial charge in [0, 0.05) is 7.05 Å². The summed E-state index contributed by atoms with van der Waals surface area (Å²) in [6.07, 6.45) is 0. The zero-order valence-corrected chi connectivity index (χ0v) is 7.38. The molecule has 0 heterocycles. The predicted octanol–water partition coefficient (Wildman–Crippen LogP) is 0.350. The van der Waals surface area contributed by atoms with Crippen molar-refractivity contribution in [2.45, 2.75) is 13.8 Å². The molecule has 0 saturated carbocycles. The Morgan fingerprint density at radius 1 is 1.50 bits per heavy atom. The minimum Gasteiger partial charge on any atom is -0.462 e. The van der Waals surface area contributed by atoms with E-state index in [9.17, 15) is 9.59 Å². The Kier molecular flexibility index (Phi) is 4.67. The van der Waals surface area contributed by atoms with Crippen LogP contribution in [0, 0.1) is 0 Å². The molecule has 0 rings (SSSR count). The van der Waals surface area contributed by atoms with E-state index in [1.165, 1.54) is 14.0 Å². The second-order valence-electron chi connectivity index (χ2n) is 1.97. The van der Waals surface area contributed by atoms with Crippen LogP contribution in [-0.4, -0.2) is 31.4 Å². The van der Waals surface area contributed by atoms with Crippen molar-refractivity contribution in [2.24, 2.45) is 4.99 Å². The maximum Gasteiger partial charge on any atom is 0.352 e. The Balaban J connectivity index is 4.17. The summed E-state index contributed by atoms with van der Waals surface area (Å²) in [7, 11) is 1.43. The average molecular weight is 172 g/mol. The van der Waals surface area contributed by atoms with E-state index in [0.717, 1.165) is 0 Å². The fraction of sp³-hybridized carbons (Fsp3) is 0.571. The quantitative estimate of drug-likeness (QED) is 0.482. The molecule has 0 unspecified atom stereocenters. The van der Waals surface area contributed by atoms with Crippen LogP contribution >= 0.6 is 0 Å². The van der Waals surface area contributed by atoms with Gasteiger partial charge in [-0.05, 0) is 13.8 Å². The molecule has 0 aliphatic carbocycles. The first-order valence-electron chi connectivity index (χ1n) is 3.56. The molecule has 0 atom stereocenters. The standard InChI is InChI=1S/C7H12N2O3/c1-4-12-6(10)5(2)9-7(11)8-3/h4H2,1-3H3,(H,8,11). The molecule has 0 aliphatic heterocycles. The van der Waals surface area contributed by atoms with Gasteiger partial charge in [0.25, 0.3) is 0 Å². The number of carbonyl (C=O) groups is 2. The lowest BCUT2D eigenvalue weighted by molar-refractivity contribution is -0.135. The molecule has 5 nitrogen and oxygen atoms in total. The summed E-state index contributed by atoms with van der Waals surface area (Å²) < 4.78 is 4.60. The Hall–Kier alpha value is -1.39. The highest BCUT2D eigenvalue weighted by atomic mass is 16.5. The van der Waals surface area contributed by atoms with Crippen molar-refractivity contribution in [3.63, 3.8) is 0 Å². The highest BCUT2D eigenvalue weighted by molar-refractivity contribution is 6.37. The number of amides is 2. The second-order valence-corrected chi connectivity index (χ2v) is 1.97. The number of ether oxygens (including phenoxy) is 1. The highest BCUT2D eigenvalue weighted by Crippen LogP contribution is 1.85. The number of rotatable bonds is 2. The van der Waals surface area contributed by atoms with Crippen LogP contribution in [0.2, 0.25) is 0 Å². The Labute approximate surface area is 70.8 Å². The Morgan fingerprint density at radius 3 is 2.50 bits per heavy atom. The lowest BCUT2D eigenvalue weighted by Gasteiger charge is -1.99. The SMILES string of the molecule is CCOC(=O)C(C)=NC(=O)NC. The number of aliphatic imine (C=N–C) groups is 1. The molecule has 0 saturated heterocycles. The molecular formula is C7H12N2O3. The van der Waals surface area contributed by atoms with Gasteiger partial charge in [-0.2, -0.15) is 4.99 Å². The van der Waals surface area contributed by atoms with Gasteiger partial charge in [-0.3, -0.25) is 0 Å². The number of urea groups is 1. The average Bonchev–Trinajstić information content (AvgIpc) is 2.04. The van der Waals surface area contributed by atoms with Crippen LogP contribution < -0.4 is 5.32 Å².